The topological polar surface area (TPSA) is 243 Å². The van der Waals surface area contributed by atoms with Crippen molar-refractivity contribution in [1.29, 1.82) is 0 Å². The van der Waals surface area contributed by atoms with E-state index in [1.165, 1.54) is 11.1 Å². The number of carboxylic acid groups (broad SMARTS) is 1. The van der Waals surface area contributed by atoms with Gasteiger partial charge < -0.3 is 46.2 Å². The van der Waals surface area contributed by atoms with Crippen molar-refractivity contribution in [2.75, 3.05) is 36.4 Å². The minimum Gasteiger partial charge on any atom is -0.475 e. The van der Waals surface area contributed by atoms with Gasteiger partial charge in [-0.15, -0.1) is 10.2 Å². The largest absolute Gasteiger partial charge is 0.490 e. The molecule has 50 heavy (non-hydrogen) atoms. The number of alkyl halides is 3. The van der Waals surface area contributed by atoms with Crippen LogP contribution in [0.25, 0.3) is 11.2 Å². The Balaban J connectivity index is 0.000000630. The van der Waals surface area contributed by atoms with Crippen molar-refractivity contribution in [3.8, 4) is 0 Å². The molecule has 276 valence electrons. The minimum absolute atomic E-state index is 0.0612. The van der Waals surface area contributed by atoms with Crippen LogP contribution in [0.4, 0.5) is 29.7 Å². The number of carboxylic acids is 1. The maximum Gasteiger partial charge on any atom is 0.490 e. The van der Waals surface area contributed by atoms with Crippen LogP contribution in [0.1, 0.15) is 64.6 Å². The van der Waals surface area contributed by atoms with E-state index in [9.17, 15) is 28.2 Å². The predicted molar refractivity (Wildman–Crippen MR) is 169 cm³/mol. The molecule has 3 aromatic heterocycles. The molecule has 0 bridgehead atoms. The molecular formula is C28H42F3N13O6. The summed E-state index contributed by atoms with van der Waals surface area (Å²) in [4.78, 5) is 39.2. The van der Waals surface area contributed by atoms with Crippen LogP contribution in [-0.2, 0) is 16.1 Å². The number of tetrazole rings is 1. The number of ether oxygens (including phenoxy) is 1. The van der Waals surface area contributed by atoms with Crippen molar-refractivity contribution in [3.63, 3.8) is 0 Å². The molecule has 19 nitrogen and oxygen atoms in total. The molecule has 0 aromatic carbocycles. The molecule has 0 aliphatic carbocycles. The highest BCUT2D eigenvalue weighted by Gasteiger charge is 2.47. The Morgan fingerprint density at radius 3 is 2.44 bits per heavy atom. The molecule has 3 aliphatic rings. The maximum absolute atomic E-state index is 12.6. The lowest BCUT2D eigenvalue weighted by molar-refractivity contribution is -0.192. The molecule has 2 amide bonds. The maximum atomic E-state index is 12.6. The smallest absolute Gasteiger partial charge is 0.475 e. The van der Waals surface area contributed by atoms with Crippen molar-refractivity contribution in [3.05, 3.63) is 12.2 Å². The minimum atomic E-state index is -5.08. The van der Waals surface area contributed by atoms with Gasteiger partial charge in [-0.2, -0.15) is 27.9 Å². The van der Waals surface area contributed by atoms with Gasteiger partial charge in [0.15, 0.2) is 29.3 Å². The number of carbonyl (C=O) groups excluding carboxylic acids is 1. The van der Waals surface area contributed by atoms with E-state index in [1.807, 2.05) is 11.8 Å². The number of fused-ring (bicyclic) bond motifs is 1. The van der Waals surface area contributed by atoms with E-state index in [2.05, 4.69) is 55.5 Å². The Bertz CT molecular complexity index is 1610. The van der Waals surface area contributed by atoms with E-state index in [-0.39, 0.29) is 30.0 Å². The normalized spacial score (nSPS) is 25.2. The van der Waals surface area contributed by atoms with Crippen LogP contribution < -0.4 is 26.2 Å². The van der Waals surface area contributed by atoms with E-state index >= 15 is 0 Å². The third-order valence-corrected chi connectivity index (χ3v) is 8.70. The molecule has 6 atom stereocenters. The third-order valence-electron chi connectivity index (χ3n) is 8.70. The summed E-state index contributed by atoms with van der Waals surface area (Å²) in [5.41, 5.74) is 0.973. The highest BCUT2D eigenvalue weighted by Crippen LogP contribution is 2.39. The first-order valence-electron chi connectivity index (χ1n) is 16.5. The molecule has 3 saturated heterocycles. The number of hydrogen-bond acceptors (Lipinski definition) is 14. The average Bonchev–Trinajstić information content (AvgIpc) is 3.92. The summed E-state index contributed by atoms with van der Waals surface area (Å²) in [6, 6.07) is 0.0847. The number of aliphatic hydroxyl groups is 2. The van der Waals surface area contributed by atoms with Gasteiger partial charge in [-0.3, -0.25) is 4.57 Å². The summed E-state index contributed by atoms with van der Waals surface area (Å²) < 4.78 is 39.5. The summed E-state index contributed by atoms with van der Waals surface area (Å²) in [7, 11) is 0. The molecule has 22 heteroatoms. The molecule has 3 aromatic rings. The van der Waals surface area contributed by atoms with E-state index in [1.54, 1.807) is 4.57 Å². The molecule has 3 aliphatic heterocycles. The van der Waals surface area contributed by atoms with Gasteiger partial charge in [-0.25, -0.2) is 14.6 Å². The Morgan fingerprint density at radius 2 is 1.82 bits per heavy atom. The van der Waals surface area contributed by atoms with Gasteiger partial charge in [0.2, 0.25) is 11.8 Å². The van der Waals surface area contributed by atoms with Crippen molar-refractivity contribution < 1.29 is 42.8 Å². The zero-order valence-electron chi connectivity index (χ0n) is 27.7. The van der Waals surface area contributed by atoms with Crippen LogP contribution in [0, 0.1) is 0 Å². The van der Waals surface area contributed by atoms with E-state index in [0.717, 1.165) is 38.8 Å². The Hall–Kier alpha value is -4.41. The van der Waals surface area contributed by atoms with Crippen molar-refractivity contribution in [2.45, 2.75) is 102 Å². The van der Waals surface area contributed by atoms with Gasteiger partial charge >= 0.3 is 18.2 Å². The van der Waals surface area contributed by atoms with Gasteiger partial charge in [0, 0.05) is 37.8 Å². The second-order valence-corrected chi connectivity index (χ2v) is 12.2. The lowest BCUT2D eigenvalue weighted by Gasteiger charge is -2.22. The number of aliphatic carboxylic acids is 1. The quantitative estimate of drug-likeness (QED) is 0.149. The van der Waals surface area contributed by atoms with Gasteiger partial charge in [-0.05, 0) is 44.4 Å². The Kier molecular flexibility index (Phi) is 11.5. The van der Waals surface area contributed by atoms with Gasteiger partial charge in [0.1, 0.15) is 12.2 Å². The SMILES string of the molecule is CCC(CC)Nc1nc(N2CC[C@@H](NC(=O)N[C@@H]3CCNC3)C2)nc2c1ncn2[C@@H]1O[C@H](c2nnn(CC)n2)[C@@H](O)[C@@H]1O.O=C(O)C(F)(F)F. The summed E-state index contributed by atoms with van der Waals surface area (Å²) in [5.74, 6) is -1.51. The molecule has 3 fully saturated rings. The fourth-order valence-corrected chi connectivity index (χ4v) is 5.88. The second-order valence-electron chi connectivity index (χ2n) is 12.2. The van der Waals surface area contributed by atoms with Crippen molar-refractivity contribution in [1.82, 2.24) is 55.7 Å². The number of aromatic nitrogens is 8. The van der Waals surface area contributed by atoms with Crippen LogP contribution in [0.2, 0.25) is 0 Å². The number of amides is 2. The number of hydrogen-bond donors (Lipinski definition) is 7. The van der Waals surface area contributed by atoms with Crippen LogP contribution in [0.5, 0.6) is 0 Å². The fourth-order valence-electron chi connectivity index (χ4n) is 5.88. The number of aryl methyl sites for hydroxylation is 1. The van der Waals surface area contributed by atoms with Crippen molar-refractivity contribution >= 4 is 34.9 Å². The van der Waals surface area contributed by atoms with Gasteiger partial charge in [0.05, 0.1) is 12.9 Å². The summed E-state index contributed by atoms with van der Waals surface area (Å²) in [6.45, 7) is 9.49. The number of aliphatic hydroxyl groups excluding tert-OH is 2. The second kappa shape index (κ2) is 15.6. The standard InChI is InChI=1S/C26H41N13O4.C2HF3O2/c1-4-14(5-2)29-21-17-23(33-25(32-21)37-10-8-16(12-37)31-26(42)30-15-7-9-27-11-15)38(13-28-17)24-19(41)18(40)20(43-24)22-34-36-39(6-3)35-22;3-2(4,5)1(6)7/h13-16,18-20,24,27,40-41H,4-12H2,1-3H3,(H,29,32,33)(H2,30,31,42);(H,6,7)/t15-,16-,18+,19+,20+,24-;/m1./s1. The first-order chi connectivity index (χ1) is 23.8. The number of nitrogens with one attached hydrogen (secondary N) is 4. The number of carbonyl (C=O) groups is 2. The van der Waals surface area contributed by atoms with Crippen molar-refractivity contribution in [2.24, 2.45) is 0 Å². The summed E-state index contributed by atoms with van der Waals surface area (Å²) in [6.07, 6.45) is -4.64. The first-order valence-corrected chi connectivity index (χ1v) is 16.5. The average molecular weight is 714 g/mol. The Morgan fingerprint density at radius 1 is 1.10 bits per heavy atom. The van der Waals surface area contributed by atoms with E-state index < -0.39 is 36.7 Å². The number of imidazole rings is 1. The zero-order valence-corrected chi connectivity index (χ0v) is 27.7. The predicted octanol–water partition coefficient (Wildman–Crippen LogP) is 0.298. The number of anilines is 2. The zero-order chi connectivity index (χ0) is 36.2. The highest BCUT2D eigenvalue weighted by molar-refractivity contribution is 5.84. The first kappa shape index (κ1) is 36.9. The van der Waals surface area contributed by atoms with Crippen LogP contribution >= 0.6 is 0 Å². The summed E-state index contributed by atoms with van der Waals surface area (Å²) in [5, 5.41) is 54.1. The van der Waals surface area contributed by atoms with Gasteiger partial charge in [0.25, 0.3) is 0 Å². The molecule has 0 radical (unpaired) electrons. The summed E-state index contributed by atoms with van der Waals surface area (Å²) >= 11 is 0. The highest BCUT2D eigenvalue weighted by atomic mass is 19.4. The van der Waals surface area contributed by atoms with E-state index in [4.69, 9.17) is 24.6 Å². The monoisotopic (exact) mass is 713 g/mol. The molecule has 0 unspecified atom stereocenters. The molecule has 6 rings (SSSR count). The number of rotatable bonds is 10. The Labute approximate surface area is 284 Å². The van der Waals surface area contributed by atoms with Gasteiger partial charge in [-0.1, -0.05) is 13.8 Å². The molecule has 0 spiro atoms. The lowest BCUT2D eigenvalue weighted by atomic mass is 10.1. The van der Waals surface area contributed by atoms with Crippen LogP contribution in [0.15, 0.2) is 6.33 Å². The number of urea groups is 1. The number of halogens is 3. The van der Waals surface area contributed by atoms with Crippen LogP contribution in [0.3, 0.4) is 0 Å². The molecule has 7 N–H and O–H groups in total. The van der Waals surface area contributed by atoms with Crippen LogP contribution in [-0.4, -0.2) is 130 Å². The lowest BCUT2D eigenvalue weighted by Crippen LogP contribution is -2.47. The molecule has 0 saturated carbocycles. The fraction of sp³-hybridized carbons (Fsp3) is 0.714. The number of nitrogens with zero attached hydrogens (tertiary/aromatic N) is 9. The molecule has 6 heterocycles. The third kappa shape index (κ3) is 8.30. The van der Waals surface area contributed by atoms with E-state index in [0.29, 0.717) is 42.6 Å². The molecular weight excluding hydrogens is 671 g/mol.